The van der Waals surface area contributed by atoms with Crippen LogP contribution in [0, 0.1) is 0 Å². The van der Waals surface area contributed by atoms with E-state index in [2.05, 4.69) is 25.1 Å². The Morgan fingerprint density at radius 1 is 1.00 bits per heavy atom. The highest BCUT2D eigenvalue weighted by atomic mass is 16.3. The van der Waals surface area contributed by atoms with Gasteiger partial charge in [-0.1, -0.05) is 86.5 Å². The number of aliphatic hydroxyl groups is 1. The van der Waals surface area contributed by atoms with Crippen molar-refractivity contribution < 1.29 is 5.11 Å². The summed E-state index contributed by atoms with van der Waals surface area (Å²) in [5.74, 6) is 0. The number of allylic oxidation sites excluding steroid dienone is 1. The summed E-state index contributed by atoms with van der Waals surface area (Å²) < 4.78 is 0. The molecule has 0 saturated heterocycles. The van der Waals surface area contributed by atoms with E-state index >= 15 is 0 Å². The topological polar surface area (TPSA) is 20.2 Å². The van der Waals surface area contributed by atoms with Gasteiger partial charge in [-0.2, -0.15) is 0 Å². The Morgan fingerprint density at radius 2 is 1.60 bits per heavy atom. The lowest BCUT2D eigenvalue weighted by atomic mass is 9.94. The number of hydrogen-bond acceptors (Lipinski definition) is 1. The molecule has 1 nitrogen and oxygen atoms in total. The lowest BCUT2D eigenvalue weighted by molar-refractivity contribution is 0.238. The normalized spacial score (nSPS) is 13.2. The minimum atomic E-state index is -0.560. The van der Waals surface area contributed by atoms with E-state index in [0.717, 1.165) is 29.5 Å². The average molecular weight is 266 g/mol. The van der Waals surface area contributed by atoms with Gasteiger partial charge in [0.15, 0.2) is 0 Å². The average Bonchev–Trinajstić information content (AvgIpc) is 2.53. The summed E-state index contributed by atoms with van der Waals surface area (Å²) in [6.45, 7) is 2.18. The van der Waals surface area contributed by atoms with E-state index in [4.69, 9.17) is 0 Å². The Balaban J connectivity index is 2.29. The molecule has 1 unspecified atom stereocenters. The van der Waals surface area contributed by atoms with Crippen molar-refractivity contribution in [3.05, 3.63) is 77.9 Å². The SMILES string of the molecule is CCCC/C=C(\c1ccccc1)C(O)c1ccccc1. The summed E-state index contributed by atoms with van der Waals surface area (Å²) in [7, 11) is 0. The molecule has 0 aromatic heterocycles. The van der Waals surface area contributed by atoms with Crippen LogP contribution < -0.4 is 0 Å². The summed E-state index contributed by atoms with van der Waals surface area (Å²) in [5, 5.41) is 10.7. The van der Waals surface area contributed by atoms with Crippen LogP contribution in [0.15, 0.2) is 66.7 Å². The fourth-order valence-corrected chi connectivity index (χ4v) is 2.29. The van der Waals surface area contributed by atoms with Gasteiger partial charge >= 0.3 is 0 Å². The molecule has 1 heteroatoms. The molecule has 0 aliphatic rings. The Morgan fingerprint density at radius 3 is 2.20 bits per heavy atom. The van der Waals surface area contributed by atoms with E-state index in [1.807, 2.05) is 48.5 Å². The molecule has 0 bridgehead atoms. The van der Waals surface area contributed by atoms with Crippen LogP contribution in [0.2, 0.25) is 0 Å². The van der Waals surface area contributed by atoms with E-state index in [0.29, 0.717) is 0 Å². The van der Waals surface area contributed by atoms with Crippen molar-refractivity contribution in [1.82, 2.24) is 0 Å². The predicted octanol–water partition coefficient (Wildman–Crippen LogP) is 4.99. The van der Waals surface area contributed by atoms with Gasteiger partial charge in [0.1, 0.15) is 6.10 Å². The lowest BCUT2D eigenvalue weighted by Crippen LogP contribution is -2.01. The zero-order valence-corrected chi connectivity index (χ0v) is 12.0. The molecule has 0 aliphatic carbocycles. The van der Waals surface area contributed by atoms with Crippen molar-refractivity contribution >= 4 is 5.57 Å². The van der Waals surface area contributed by atoms with E-state index in [-0.39, 0.29) is 0 Å². The van der Waals surface area contributed by atoms with Crippen molar-refractivity contribution in [2.75, 3.05) is 0 Å². The number of unbranched alkanes of at least 4 members (excludes halogenated alkanes) is 2. The monoisotopic (exact) mass is 266 g/mol. The molecular weight excluding hydrogens is 244 g/mol. The van der Waals surface area contributed by atoms with Gasteiger partial charge in [-0.3, -0.25) is 0 Å². The summed E-state index contributed by atoms with van der Waals surface area (Å²) in [5.41, 5.74) is 3.05. The number of aliphatic hydroxyl groups excluding tert-OH is 1. The first-order valence-corrected chi connectivity index (χ1v) is 7.31. The second-order valence-corrected chi connectivity index (χ2v) is 4.98. The van der Waals surface area contributed by atoms with Crippen molar-refractivity contribution in [2.24, 2.45) is 0 Å². The molecule has 0 heterocycles. The van der Waals surface area contributed by atoms with E-state index in [1.165, 1.54) is 6.42 Å². The van der Waals surface area contributed by atoms with Crippen LogP contribution in [-0.2, 0) is 0 Å². The van der Waals surface area contributed by atoms with Gasteiger partial charge < -0.3 is 5.11 Å². The van der Waals surface area contributed by atoms with Gasteiger partial charge in [0, 0.05) is 0 Å². The lowest BCUT2D eigenvalue weighted by Gasteiger charge is -2.16. The van der Waals surface area contributed by atoms with E-state index < -0.39 is 6.10 Å². The highest BCUT2D eigenvalue weighted by molar-refractivity contribution is 5.70. The maximum absolute atomic E-state index is 10.7. The van der Waals surface area contributed by atoms with E-state index in [9.17, 15) is 5.11 Å². The third kappa shape index (κ3) is 3.82. The fraction of sp³-hybridized carbons (Fsp3) is 0.263. The predicted molar refractivity (Wildman–Crippen MR) is 85.3 cm³/mol. The van der Waals surface area contributed by atoms with Crippen LogP contribution in [0.1, 0.15) is 43.4 Å². The minimum absolute atomic E-state index is 0.560. The molecule has 2 aromatic carbocycles. The smallest absolute Gasteiger partial charge is 0.104 e. The standard InChI is InChI=1S/C19H22O/c1-2-3-6-15-18(16-11-7-4-8-12-16)19(20)17-13-9-5-10-14-17/h4-5,7-15,19-20H,2-3,6H2,1H3/b18-15+. The highest BCUT2D eigenvalue weighted by Crippen LogP contribution is 2.30. The molecule has 1 N–H and O–H groups in total. The second-order valence-electron chi connectivity index (χ2n) is 4.98. The Hall–Kier alpha value is -1.86. The Bertz CT molecular complexity index is 528. The van der Waals surface area contributed by atoms with Gasteiger partial charge in [-0.15, -0.1) is 0 Å². The maximum atomic E-state index is 10.7. The number of hydrogen-bond donors (Lipinski definition) is 1. The summed E-state index contributed by atoms with van der Waals surface area (Å²) in [6.07, 6.45) is 4.94. The van der Waals surface area contributed by atoms with Crippen molar-refractivity contribution in [3.63, 3.8) is 0 Å². The summed E-state index contributed by atoms with van der Waals surface area (Å²) >= 11 is 0. The van der Waals surface area contributed by atoms with Crippen molar-refractivity contribution in [3.8, 4) is 0 Å². The molecule has 0 fully saturated rings. The molecule has 1 atom stereocenters. The third-order valence-corrected chi connectivity index (χ3v) is 3.44. The zero-order valence-electron chi connectivity index (χ0n) is 12.0. The highest BCUT2D eigenvalue weighted by Gasteiger charge is 2.14. The van der Waals surface area contributed by atoms with Gasteiger partial charge in [0.25, 0.3) is 0 Å². The molecule has 0 radical (unpaired) electrons. The van der Waals surface area contributed by atoms with Crippen LogP contribution in [0.25, 0.3) is 5.57 Å². The van der Waals surface area contributed by atoms with Crippen LogP contribution in [-0.4, -0.2) is 5.11 Å². The first-order valence-electron chi connectivity index (χ1n) is 7.31. The quantitative estimate of drug-likeness (QED) is 0.730. The van der Waals surface area contributed by atoms with Gasteiger partial charge in [-0.25, -0.2) is 0 Å². The van der Waals surface area contributed by atoms with Gasteiger partial charge in [0.2, 0.25) is 0 Å². The third-order valence-electron chi connectivity index (χ3n) is 3.44. The van der Waals surface area contributed by atoms with Crippen LogP contribution >= 0.6 is 0 Å². The molecular formula is C19H22O. The van der Waals surface area contributed by atoms with E-state index in [1.54, 1.807) is 0 Å². The first-order chi connectivity index (χ1) is 9.83. The van der Waals surface area contributed by atoms with Crippen molar-refractivity contribution in [2.45, 2.75) is 32.3 Å². The second kappa shape index (κ2) is 7.66. The molecule has 0 aliphatic heterocycles. The van der Waals surface area contributed by atoms with Gasteiger partial charge in [-0.05, 0) is 23.1 Å². The van der Waals surface area contributed by atoms with Crippen molar-refractivity contribution in [1.29, 1.82) is 0 Å². The first kappa shape index (κ1) is 14.5. The fourth-order valence-electron chi connectivity index (χ4n) is 2.29. The molecule has 0 saturated carbocycles. The summed E-state index contributed by atoms with van der Waals surface area (Å²) in [4.78, 5) is 0. The number of benzene rings is 2. The number of rotatable bonds is 6. The molecule has 20 heavy (non-hydrogen) atoms. The minimum Gasteiger partial charge on any atom is -0.384 e. The summed E-state index contributed by atoms with van der Waals surface area (Å²) in [6, 6.07) is 20.0. The largest absolute Gasteiger partial charge is 0.384 e. The maximum Gasteiger partial charge on any atom is 0.104 e. The van der Waals surface area contributed by atoms with Gasteiger partial charge in [0.05, 0.1) is 0 Å². The Kier molecular flexibility index (Phi) is 5.57. The van der Waals surface area contributed by atoms with Crippen LogP contribution in [0.5, 0.6) is 0 Å². The molecule has 0 amide bonds. The molecule has 2 aromatic rings. The zero-order chi connectivity index (χ0) is 14.2. The molecule has 0 spiro atoms. The van der Waals surface area contributed by atoms with Crippen LogP contribution in [0.3, 0.4) is 0 Å². The van der Waals surface area contributed by atoms with Crippen LogP contribution in [0.4, 0.5) is 0 Å². The molecule has 2 rings (SSSR count). The molecule has 104 valence electrons. The Labute approximate surface area is 121 Å².